The van der Waals surface area contributed by atoms with E-state index < -0.39 is 26.8 Å². The van der Waals surface area contributed by atoms with Crippen LogP contribution in [0.1, 0.15) is 12.7 Å². The van der Waals surface area contributed by atoms with Gasteiger partial charge >= 0.3 is 0 Å². The van der Waals surface area contributed by atoms with E-state index in [2.05, 4.69) is 0 Å². The van der Waals surface area contributed by atoms with Gasteiger partial charge in [-0.1, -0.05) is 12.1 Å². The summed E-state index contributed by atoms with van der Waals surface area (Å²) < 4.78 is 42.5. The van der Waals surface area contributed by atoms with E-state index >= 15 is 0 Å². The highest BCUT2D eigenvalue weighted by atomic mass is 32.2. The summed E-state index contributed by atoms with van der Waals surface area (Å²) >= 11 is 0. The number of carbonyl (C=O) groups is 1. The summed E-state index contributed by atoms with van der Waals surface area (Å²) in [5.41, 5.74) is 0.0133. The predicted molar refractivity (Wildman–Crippen MR) is 80.6 cm³/mol. The van der Waals surface area contributed by atoms with E-state index in [9.17, 15) is 17.6 Å². The normalized spacial score (nSPS) is 12.9. The van der Waals surface area contributed by atoms with Crippen LogP contribution < -0.4 is 4.90 Å². The molecule has 1 heterocycles. The second-order valence-corrected chi connectivity index (χ2v) is 7.29. The van der Waals surface area contributed by atoms with Gasteiger partial charge in [0, 0.05) is 6.26 Å². The number of para-hydroxylation sites is 1. The number of halogens is 1. The van der Waals surface area contributed by atoms with Crippen molar-refractivity contribution in [2.24, 2.45) is 0 Å². The topological polar surface area (TPSA) is 67.6 Å². The Hall–Kier alpha value is -2.15. The van der Waals surface area contributed by atoms with Crippen LogP contribution in [-0.4, -0.2) is 25.8 Å². The number of rotatable bonds is 5. The smallest absolute Gasteiger partial charge is 0.245 e. The second kappa shape index (κ2) is 6.31. The highest BCUT2D eigenvalue weighted by Crippen LogP contribution is 2.23. The summed E-state index contributed by atoms with van der Waals surface area (Å²) in [5.74, 6) is -0.885. The van der Waals surface area contributed by atoms with Crippen LogP contribution in [0.3, 0.4) is 0 Å². The van der Waals surface area contributed by atoms with Gasteiger partial charge in [0.05, 0.1) is 18.5 Å². The molecule has 0 saturated heterocycles. The highest BCUT2D eigenvalue weighted by Gasteiger charge is 2.31. The van der Waals surface area contributed by atoms with E-state index in [0.717, 1.165) is 11.2 Å². The summed E-state index contributed by atoms with van der Waals surface area (Å²) in [7, 11) is -3.59. The fraction of sp³-hybridized carbons (Fsp3) is 0.267. The first kappa shape index (κ1) is 16.2. The lowest BCUT2D eigenvalue weighted by atomic mass is 10.2. The van der Waals surface area contributed by atoms with Crippen molar-refractivity contribution in [2.45, 2.75) is 18.7 Å². The molecule has 1 atom stereocenters. The molecule has 0 fully saturated rings. The van der Waals surface area contributed by atoms with Crippen LogP contribution >= 0.6 is 0 Å². The Balaban J connectivity index is 2.42. The van der Waals surface area contributed by atoms with Crippen molar-refractivity contribution < 1.29 is 22.0 Å². The Morgan fingerprint density at radius 1 is 1.27 bits per heavy atom. The lowest BCUT2D eigenvalue weighted by Crippen LogP contribution is -2.41. The number of benzene rings is 1. The molecule has 1 aromatic heterocycles. The summed E-state index contributed by atoms with van der Waals surface area (Å²) in [6.07, 6.45) is 2.40. The summed E-state index contributed by atoms with van der Waals surface area (Å²) in [6, 6.07) is 8.97. The Morgan fingerprint density at radius 3 is 2.50 bits per heavy atom. The maximum absolute atomic E-state index is 14.0. The van der Waals surface area contributed by atoms with E-state index in [-0.39, 0.29) is 12.2 Å². The van der Waals surface area contributed by atoms with Crippen LogP contribution in [0.4, 0.5) is 10.1 Å². The van der Waals surface area contributed by atoms with Gasteiger partial charge in [-0.2, -0.15) is 0 Å². The third kappa shape index (κ3) is 3.54. The average molecular weight is 325 g/mol. The van der Waals surface area contributed by atoms with Crippen molar-refractivity contribution in [3.05, 3.63) is 54.2 Å². The van der Waals surface area contributed by atoms with Crippen molar-refractivity contribution in [1.29, 1.82) is 0 Å². The van der Waals surface area contributed by atoms with Gasteiger partial charge in [-0.15, -0.1) is 0 Å². The minimum Gasteiger partial charge on any atom is -0.467 e. The van der Waals surface area contributed by atoms with Crippen LogP contribution in [0.5, 0.6) is 0 Å². The molecular formula is C15H16FNO4S. The Morgan fingerprint density at radius 2 is 1.95 bits per heavy atom. The maximum Gasteiger partial charge on any atom is 0.245 e. The molecule has 0 radical (unpaired) electrons. The van der Waals surface area contributed by atoms with Crippen molar-refractivity contribution in [3.63, 3.8) is 0 Å². The summed E-state index contributed by atoms with van der Waals surface area (Å²) in [4.78, 5) is 13.6. The van der Waals surface area contributed by atoms with Crippen molar-refractivity contribution >= 4 is 21.4 Å². The zero-order valence-electron chi connectivity index (χ0n) is 12.2. The zero-order chi connectivity index (χ0) is 16.3. The third-order valence-corrected chi connectivity index (χ3v) is 4.78. The SMILES string of the molecule is CC(C(=O)N(Cc1ccco1)c1ccccc1F)S(C)(=O)=O. The molecule has 2 rings (SSSR count). The van der Waals surface area contributed by atoms with E-state index in [1.807, 2.05) is 0 Å². The van der Waals surface area contributed by atoms with Gasteiger partial charge in [-0.25, -0.2) is 12.8 Å². The molecule has 0 bridgehead atoms. The molecule has 1 aromatic carbocycles. The molecular weight excluding hydrogens is 309 g/mol. The van der Waals surface area contributed by atoms with Gasteiger partial charge in [0.25, 0.3) is 0 Å². The zero-order valence-corrected chi connectivity index (χ0v) is 13.0. The van der Waals surface area contributed by atoms with Crippen LogP contribution in [0.25, 0.3) is 0 Å². The van der Waals surface area contributed by atoms with Crippen molar-refractivity contribution in [3.8, 4) is 0 Å². The summed E-state index contributed by atoms with van der Waals surface area (Å²) in [5, 5.41) is -1.28. The van der Waals surface area contributed by atoms with Gasteiger partial charge in [-0.3, -0.25) is 4.79 Å². The molecule has 0 aliphatic rings. The van der Waals surface area contributed by atoms with Crippen LogP contribution in [0, 0.1) is 5.82 Å². The lowest BCUT2D eigenvalue weighted by Gasteiger charge is -2.24. The number of furan rings is 1. The second-order valence-electron chi connectivity index (χ2n) is 4.93. The number of carbonyl (C=O) groups excluding carboxylic acids is 1. The minimum absolute atomic E-state index is 0.0133. The Labute approximate surface area is 128 Å². The Bertz CT molecular complexity index is 756. The molecule has 5 nitrogen and oxygen atoms in total. The van der Waals surface area contributed by atoms with Crippen LogP contribution in [-0.2, 0) is 21.2 Å². The molecule has 1 amide bonds. The van der Waals surface area contributed by atoms with E-state index in [4.69, 9.17) is 4.42 Å². The molecule has 22 heavy (non-hydrogen) atoms. The molecule has 1 unspecified atom stereocenters. The van der Waals surface area contributed by atoms with Gasteiger partial charge < -0.3 is 9.32 Å². The number of nitrogens with zero attached hydrogens (tertiary/aromatic N) is 1. The number of hydrogen-bond donors (Lipinski definition) is 0. The van der Waals surface area contributed by atoms with Gasteiger partial charge in [0.2, 0.25) is 5.91 Å². The lowest BCUT2D eigenvalue weighted by molar-refractivity contribution is -0.118. The van der Waals surface area contributed by atoms with E-state index in [1.165, 1.54) is 31.4 Å². The van der Waals surface area contributed by atoms with Crippen LogP contribution in [0.15, 0.2) is 47.1 Å². The molecule has 2 aromatic rings. The fourth-order valence-corrected chi connectivity index (χ4v) is 2.41. The quantitative estimate of drug-likeness (QED) is 0.846. The first-order valence-corrected chi connectivity index (χ1v) is 8.53. The number of anilines is 1. The van der Waals surface area contributed by atoms with Gasteiger partial charge in [0.15, 0.2) is 9.84 Å². The number of hydrogen-bond acceptors (Lipinski definition) is 4. The molecule has 0 aliphatic carbocycles. The predicted octanol–water partition coefficient (Wildman–Crippen LogP) is 2.39. The van der Waals surface area contributed by atoms with Crippen LogP contribution in [0.2, 0.25) is 0 Å². The first-order chi connectivity index (χ1) is 10.3. The maximum atomic E-state index is 14.0. The average Bonchev–Trinajstić information content (AvgIpc) is 2.96. The monoisotopic (exact) mass is 325 g/mol. The van der Waals surface area contributed by atoms with Gasteiger partial charge in [-0.05, 0) is 31.2 Å². The van der Waals surface area contributed by atoms with Gasteiger partial charge in [0.1, 0.15) is 16.8 Å². The standard InChI is InChI=1S/C15H16FNO4S/c1-11(22(2,19)20)15(18)17(10-12-6-5-9-21-12)14-8-4-3-7-13(14)16/h3-9,11H,10H2,1-2H3. The summed E-state index contributed by atoms with van der Waals surface area (Å²) in [6.45, 7) is 1.24. The highest BCUT2D eigenvalue weighted by molar-refractivity contribution is 7.92. The molecule has 0 N–H and O–H groups in total. The van der Waals surface area contributed by atoms with E-state index in [0.29, 0.717) is 5.76 Å². The molecule has 0 spiro atoms. The van der Waals surface area contributed by atoms with Crippen molar-refractivity contribution in [2.75, 3.05) is 11.2 Å². The molecule has 0 saturated carbocycles. The van der Waals surface area contributed by atoms with E-state index in [1.54, 1.807) is 18.2 Å². The largest absolute Gasteiger partial charge is 0.467 e. The molecule has 118 valence electrons. The number of sulfone groups is 1. The van der Waals surface area contributed by atoms with Crippen molar-refractivity contribution in [1.82, 2.24) is 0 Å². The number of amides is 1. The molecule has 7 heteroatoms. The minimum atomic E-state index is -3.59. The first-order valence-electron chi connectivity index (χ1n) is 6.58. The third-order valence-electron chi connectivity index (χ3n) is 3.29. The molecule has 0 aliphatic heterocycles. The fourth-order valence-electron chi connectivity index (χ4n) is 1.91. The Kier molecular flexibility index (Phi) is 4.65.